The minimum Gasteiger partial charge on any atom is -0.484 e. The zero-order chi connectivity index (χ0) is 18.2. The molecular weight excluding hydrogens is 331 g/mol. The molecule has 1 aliphatic heterocycles. The van der Waals surface area contributed by atoms with Crippen LogP contribution in [-0.4, -0.2) is 60.2 Å². The monoisotopic (exact) mass is 352 g/mol. The van der Waals surface area contributed by atoms with Gasteiger partial charge < -0.3 is 20.1 Å². The molecule has 0 aliphatic carbocycles. The van der Waals surface area contributed by atoms with E-state index in [4.69, 9.17) is 9.84 Å². The van der Waals surface area contributed by atoms with Crippen LogP contribution in [0.1, 0.15) is 12.8 Å². The van der Waals surface area contributed by atoms with Crippen molar-refractivity contribution in [2.45, 2.75) is 18.9 Å². The molecule has 136 valence electrons. The lowest BCUT2D eigenvalue weighted by atomic mass is 9.96. The van der Waals surface area contributed by atoms with Crippen LogP contribution in [0.5, 0.6) is 5.75 Å². The quantitative estimate of drug-likeness (QED) is 0.758. The van der Waals surface area contributed by atoms with Gasteiger partial charge in [-0.05, 0) is 25.0 Å². The molecule has 0 spiro atoms. The zero-order valence-corrected chi connectivity index (χ0v) is 13.7. The number of halogens is 1. The standard InChI is InChI=1S/C17H21FN2O5/c18-9-14(17(23)24)19-16(22)12-5-4-8-20(10-12)15(21)11-25-13-6-2-1-3-7-13/h1-3,6-7,12,14H,4-5,8-11H2,(H,19,22)(H,23,24). The number of benzene rings is 1. The Hall–Kier alpha value is -2.64. The number of rotatable bonds is 7. The van der Waals surface area contributed by atoms with Gasteiger partial charge in [-0.3, -0.25) is 9.59 Å². The highest BCUT2D eigenvalue weighted by atomic mass is 19.1. The Balaban J connectivity index is 1.85. The first-order valence-corrected chi connectivity index (χ1v) is 8.06. The van der Waals surface area contributed by atoms with Crippen molar-refractivity contribution in [2.24, 2.45) is 5.92 Å². The molecule has 0 saturated carbocycles. The number of carboxylic acid groups (broad SMARTS) is 1. The number of likely N-dealkylation sites (tertiary alicyclic amines) is 1. The van der Waals surface area contributed by atoms with Crippen molar-refractivity contribution in [3.8, 4) is 5.75 Å². The molecule has 2 amide bonds. The highest BCUT2D eigenvalue weighted by Gasteiger charge is 2.31. The lowest BCUT2D eigenvalue weighted by Gasteiger charge is -2.32. The van der Waals surface area contributed by atoms with E-state index in [1.807, 2.05) is 6.07 Å². The SMILES string of the molecule is O=C(NC(CF)C(=O)O)C1CCCN(C(=O)COc2ccccc2)C1. The first kappa shape index (κ1) is 18.7. The molecule has 0 radical (unpaired) electrons. The summed E-state index contributed by atoms with van der Waals surface area (Å²) in [7, 11) is 0. The van der Waals surface area contributed by atoms with Crippen LogP contribution in [-0.2, 0) is 14.4 Å². The van der Waals surface area contributed by atoms with E-state index in [9.17, 15) is 18.8 Å². The third-order valence-corrected chi connectivity index (χ3v) is 4.02. The number of carbonyl (C=O) groups excluding carboxylic acids is 2. The molecule has 1 aromatic rings. The molecular formula is C17H21FN2O5. The van der Waals surface area contributed by atoms with Gasteiger partial charge in [0.2, 0.25) is 5.91 Å². The third kappa shape index (κ3) is 5.44. The maximum Gasteiger partial charge on any atom is 0.328 e. The minimum atomic E-state index is -1.56. The van der Waals surface area contributed by atoms with Gasteiger partial charge in [-0.2, -0.15) is 0 Å². The third-order valence-electron chi connectivity index (χ3n) is 4.02. The summed E-state index contributed by atoms with van der Waals surface area (Å²) in [6.07, 6.45) is 1.14. The number of alkyl halides is 1. The van der Waals surface area contributed by atoms with Crippen molar-refractivity contribution in [2.75, 3.05) is 26.4 Å². The van der Waals surface area contributed by atoms with Gasteiger partial charge in [0, 0.05) is 13.1 Å². The molecule has 2 N–H and O–H groups in total. The number of para-hydroxylation sites is 1. The van der Waals surface area contributed by atoms with Gasteiger partial charge in [-0.25, -0.2) is 9.18 Å². The molecule has 1 aliphatic rings. The molecule has 1 heterocycles. The van der Waals surface area contributed by atoms with Crippen molar-refractivity contribution in [1.82, 2.24) is 10.2 Å². The molecule has 1 saturated heterocycles. The lowest BCUT2D eigenvalue weighted by molar-refractivity contribution is -0.144. The summed E-state index contributed by atoms with van der Waals surface area (Å²) in [6.45, 7) is -0.643. The Morgan fingerprint density at radius 2 is 2.04 bits per heavy atom. The van der Waals surface area contributed by atoms with Crippen LogP contribution in [0.3, 0.4) is 0 Å². The second-order valence-electron chi connectivity index (χ2n) is 5.83. The number of carbonyl (C=O) groups is 3. The maximum absolute atomic E-state index is 12.6. The number of aliphatic carboxylic acids is 1. The average molecular weight is 352 g/mol. The number of carboxylic acids is 1. The van der Waals surface area contributed by atoms with Crippen molar-refractivity contribution in [3.63, 3.8) is 0 Å². The van der Waals surface area contributed by atoms with E-state index >= 15 is 0 Å². The number of piperidine rings is 1. The first-order chi connectivity index (χ1) is 12.0. The maximum atomic E-state index is 12.6. The van der Waals surface area contributed by atoms with Crippen molar-refractivity contribution in [1.29, 1.82) is 0 Å². The summed E-state index contributed by atoms with van der Waals surface area (Å²) in [4.78, 5) is 36.7. The van der Waals surface area contributed by atoms with E-state index in [0.29, 0.717) is 25.1 Å². The topological polar surface area (TPSA) is 95.9 Å². The van der Waals surface area contributed by atoms with Gasteiger partial charge in [-0.15, -0.1) is 0 Å². The van der Waals surface area contributed by atoms with E-state index < -0.39 is 30.5 Å². The van der Waals surface area contributed by atoms with Crippen LogP contribution < -0.4 is 10.1 Å². The fourth-order valence-corrected chi connectivity index (χ4v) is 2.63. The molecule has 25 heavy (non-hydrogen) atoms. The van der Waals surface area contributed by atoms with Crippen LogP contribution in [0.4, 0.5) is 4.39 Å². The highest BCUT2D eigenvalue weighted by molar-refractivity contribution is 5.86. The molecule has 2 unspecified atom stereocenters. The molecule has 1 aromatic carbocycles. The van der Waals surface area contributed by atoms with Gasteiger partial charge in [0.1, 0.15) is 12.4 Å². The number of nitrogens with one attached hydrogen (secondary N) is 1. The lowest BCUT2D eigenvalue weighted by Crippen LogP contribution is -2.50. The molecule has 0 aromatic heterocycles. The summed E-state index contributed by atoms with van der Waals surface area (Å²) < 4.78 is 18.0. The predicted molar refractivity (Wildman–Crippen MR) is 86.8 cm³/mol. The van der Waals surface area contributed by atoms with Crippen LogP contribution >= 0.6 is 0 Å². The van der Waals surface area contributed by atoms with E-state index in [1.54, 1.807) is 24.3 Å². The molecule has 2 rings (SSSR count). The summed E-state index contributed by atoms with van der Waals surface area (Å²) in [5.41, 5.74) is 0. The molecule has 7 nitrogen and oxygen atoms in total. The number of amides is 2. The fraction of sp³-hybridized carbons (Fsp3) is 0.471. The largest absolute Gasteiger partial charge is 0.484 e. The van der Waals surface area contributed by atoms with Crippen molar-refractivity contribution in [3.05, 3.63) is 30.3 Å². The number of nitrogens with zero attached hydrogens (tertiary/aromatic N) is 1. The van der Waals surface area contributed by atoms with Gasteiger partial charge in [0.05, 0.1) is 5.92 Å². The fourth-order valence-electron chi connectivity index (χ4n) is 2.63. The molecule has 0 bridgehead atoms. The van der Waals surface area contributed by atoms with Crippen molar-refractivity contribution >= 4 is 17.8 Å². The van der Waals surface area contributed by atoms with E-state index in [0.717, 1.165) is 0 Å². The van der Waals surface area contributed by atoms with Crippen LogP contribution in [0.15, 0.2) is 30.3 Å². The second-order valence-corrected chi connectivity index (χ2v) is 5.83. The Morgan fingerprint density at radius 3 is 2.68 bits per heavy atom. The van der Waals surface area contributed by atoms with Gasteiger partial charge in [-0.1, -0.05) is 18.2 Å². The Kier molecular flexibility index (Phi) is 6.73. The van der Waals surface area contributed by atoms with Gasteiger partial charge >= 0.3 is 5.97 Å². The predicted octanol–water partition coefficient (Wildman–Crippen LogP) is 0.843. The molecule has 8 heteroatoms. The van der Waals surface area contributed by atoms with Gasteiger partial charge in [0.25, 0.3) is 5.91 Å². The number of ether oxygens (including phenoxy) is 1. The minimum absolute atomic E-state index is 0.138. The average Bonchev–Trinajstić information content (AvgIpc) is 2.64. The summed E-state index contributed by atoms with van der Waals surface area (Å²) in [5.74, 6) is -2.19. The zero-order valence-electron chi connectivity index (χ0n) is 13.7. The Bertz CT molecular complexity index is 610. The highest BCUT2D eigenvalue weighted by Crippen LogP contribution is 2.17. The Morgan fingerprint density at radius 1 is 1.32 bits per heavy atom. The smallest absolute Gasteiger partial charge is 0.328 e. The van der Waals surface area contributed by atoms with Crippen LogP contribution in [0.2, 0.25) is 0 Å². The Labute approximate surface area is 144 Å². The van der Waals surface area contributed by atoms with Crippen LogP contribution in [0.25, 0.3) is 0 Å². The first-order valence-electron chi connectivity index (χ1n) is 8.06. The van der Waals surface area contributed by atoms with E-state index in [-0.39, 0.29) is 19.1 Å². The summed E-state index contributed by atoms with van der Waals surface area (Å²) in [6, 6.07) is 7.35. The van der Waals surface area contributed by atoms with Crippen molar-refractivity contribution < 1.29 is 28.6 Å². The molecule has 1 fully saturated rings. The van der Waals surface area contributed by atoms with Crippen LogP contribution in [0, 0.1) is 5.92 Å². The van der Waals surface area contributed by atoms with E-state index in [1.165, 1.54) is 4.90 Å². The second kappa shape index (κ2) is 9.00. The summed E-state index contributed by atoms with van der Waals surface area (Å²) >= 11 is 0. The summed E-state index contributed by atoms with van der Waals surface area (Å²) in [5, 5.41) is 11.0. The molecule has 2 atom stereocenters. The van der Waals surface area contributed by atoms with E-state index in [2.05, 4.69) is 5.32 Å². The number of hydrogen-bond donors (Lipinski definition) is 2. The normalized spacial score (nSPS) is 18.3. The number of hydrogen-bond acceptors (Lipinski definition) is 4. The van der Waals surface area contributed by atoms with Gasteiger partial charge in [0.15, 0.2) is 12.6 Å².